The molecule has 0 aliphatic carbocycles. The Morgan fingerprint density at radius 3 is 0.764 bits per heavy atom. The van der Waals surface area contributed by atoms with Crippen molar-refractivity contribution < 1.29 is 62.9 Å². The van der Waals surface area contributed by atoms with Crippen LogP contribution in [0.15, 0.2) is 62.0 Å². The van der Waals surface area contributed by atoms with Crippen molar-refractivity contribution >= 4 is 186 Å². The first-order chi connectivity index (χ1) is 42.8. The van der Waals surface area contributed by atoms with Gasteiger partial charge in [0.2, 0.25) is 0 Å². The number of alkyl halides is 2. The zero-order valence-electron chi connectivity index (χ0n) is 55.8. The number of aryl methyl sites for hydroxylation is 10. The number of nitrogen functional groups attached to an aromatic ring is 2. The molecule has 10 aromatic rings. The van der Waals surface area contributed by atoms with Crippen molar-refractivity contribution in [2.24, 2.45) is 0 Å². The van der Waals surface area contributed by atoms with Crippen molar-refractivity contribution in [3.05, 3.63) is 135 Å². The van der Waals surface area contributed by atoms with Crippen molar-refractivity contribution in [2.75, 3.05) is 34.5 Å². The number of fused-ring (bicyclic) bond motifs is 5. The molecule has 0 aliphatic rings. The van der Waals surface area contributed by atoms with Crippen LogP contribution >= 0.6 is 136 Å². The molecule has 0 aliphatic heterocycles. The normalized spacial score (nSPS) is 9.48. The SMILES string of the molecule is CCC.CCCC.CCCC.CCO.CCO.CI.C[I-]I.Cc1nc(C)n2ccnc(Cl)c12.Cc1nc(C)n2ccnc(Cl)c12.Cc1nc(C)n2ccnc(Cl)c12.Cc1nc(C)n2ccnc(N)c12.Cc1nc(C)n2ccnc(N)c12.[2H][I-]I.[B]I.[B][I-]I. The summed E-state index contributed by atoms with van der Waals surface area (Å²) < 4.78 is 16.0. The van der Waals surface area contributed by atoms with Crippen LogP contribution in [0.2, 0.25) is 15.5 Å². The van der Waals surface area contributed by atoms with E-state index in [1.165, 1.54) is 32.1 Å². The maximum atomic E-state index is 7.57. The van der Waals surface area contributed by atoms with Gasteiger partial charge in [-0.2, -0.15) is 22.4 Å². The van der Waals surface area contributed by atoms with Crippen LogP contribution in [0.5, 0.6) is 0 Å². The van der Waals surface area contributed by atoms with Gasteiger partial charge in [-0.15, -0.1) is 0 Å². The molecule has 502 valence electrons. The Kier molecular flexibility index (Phi) is 65.1. The van der Waals surface area contributed by atoms with Crippen LogP contribution in [0.25, 0.3) is 27.6 Å². The Morgan fingerprint density at radius 1 is 0.472 bits per heavy atom. The predicted octanol–water partition coefficient (Wildman–Crippen LogP) is 7.62. The van der Waals surface area contributed by atoms with E-state index in [2.05, 4.69) is 180 Å². The fraction of sp³-hybridized carbons (Fsp3) is 0.474. The maximum absolute atomic E-state index is 7.57. The topological polar surface area (TPSA) is 243 Å². The number of hydrogen-bond acceptors (Lipinski definition) is 14. The fourth-order valence-electron chi connectivity index (χ4n) is 6.87. The molecule has 32 heteroatoms. The van der Waals surface area contributed by atoms with Crippen molar-refractivity contribution in [1.82, 2.24) is 71.8 Å². The van der Waals surface area contributed by atoms with E-state index in [-0.39, 0.29) is 48.6 Å². The molecule has 10 heterocycles. The van der Waals surface area contributed by atoms with E-state index in [0.717, 1.165) is 85.2 Å². The zero-order chi connectivity index (χ0) is 70.6. The molecule has 6 N–H and O–H groups in total. The number of rotatable bonds is 2. The number of unbranched alkanes of at least 4 members (excludes halogenated alkanes) is 2. The first-order valence-electron chi connectivity index (χ1n) is 27.8. The van der Waals surface area contributed by atoms with E-state index >= 15 is 0 Å². The van der Waals surface area contributed by atoms with E-state index in [1.807, 2.05) is 127 Å². The standard InChI is InChI=1S/3C8H8ClN3.2C8H10N4.2C4H10.C3H8.2C2H6O.CH3I2.CH3I.BI2.BI.HI2/c5*1-5-7-8(9)10-3-4-12(7)6(2)11-5;2*1-3-4-2;1-3-2;2*1-2-3;1-3-2;1-2;1-3-2;2*1-2/h3*3-4H,1-2H3;2*3-4H,1-2H3,(H2,9,10);2*3-4H2,1-2H3;3H2,1-2H3;2*3H,2H2,1H3;1H3;1H3;;;1H/q;;;;;;;;;;-1;;-1;;-1/i;;;;;;;;;;;;;;1D. The Hall–Kier alpha value is -0.540. The summed E-state index contributed by atoms with van der Waals surface area (Å²) in [5.74, 6) is 5.77. The number of aromatic nitrogens is 15. The van der Waals surface area contributed by atoms with Gasteiger partial charge in [0.15, 0.2) is 21.2 Å². The van der Waals surface area contributed by atoms with Gasteiger partial charge in [0.25, 0.3) is 0 Å². The summed E-state index contributed by atoms with van der Waals surface area (Å²) >= 11 is 28.6. The second-order valence-corrected chi connectivity index (χ2v) is 28.1. The molecule has 19 nitrogen and oxygen atoms in total. The predicted molar refractivity (Wildman–Crippen MR) is 414 cm³/mol. The van der Waals surface area contributed by atoms with Crippen LogP contribution in [0, 0.1) is 69.2 Å². The minimum absolute atomic E-state index is 0.0600. The van der Waals surface area contributed by atoms with Gasteiger partial charge in [0.05, 0.1) is 28.5 Å². The van der Waals surface area contributed by atoms with Crippen molar-refractivity contribution in [1.29, 1.82) is 0.594 Å². The van der Waals surface area contributed by atoms with Crippen LogP contribution in [0.1, 0.15) is 145 Å². The summed E-state index contributed by atoms with van der Waals surface area (Å²) in [6.45, 7) is 36.2. The van der Waals surface area contributed by atoms with Gasteiger partial charge in [0.1, 0.15) is 68.3 Å². The summed E-state index contributed by atoms with van der Waals surface area (Å²) in [6.07, 6.45) is 24.2. The summed E-state index contributed by atoms with van der Waals surface area (Å²) in [5, 5.41) is 16.7. The molecule has 0 amide bonds. The van der Waals surface area contributed by atoms with Gasteiger partial charge in [-0.25, -0.2) is 49.8 Å². The van der Waals surface area contributed by atoms with Crippen LogP contribution < -0.4 is 64.1 Å². The van der Waals surface area contributed by atoms with E-state index in [4.69, 9.17) is 62.8 Å². The molecule has 0 aromatic carbocycles. The molecular formula is C57H91B2Cl3I8N17O2-3. The number of hydrogen-bond donors (Lipinski definition) is 4. The van der Waals surface area contributed by atoms with E-state index in [0.29, 0.717) is 44.3 Å². The summed E-state index contributed by atoms with van der Waals surface area (Å²) in [4.78, 5) is 45.6. The van der Waals surface area contributed by atoms with Crippen LogP contribution in [0.4, 0.5) is 11.6 Å². The molecular weight excluding hydrogens is 2100 g/mol. The molecule has 0 unspecified atom stereocenters. The first-order valence-corrected chi connectivity index (χ1v) is 54.2. The number of aliphatic hydroxyl groups is 2. The Labute approximate surface area is 638 Å². The summed E-state index contributed by atoms with van der Waals surface area (Å²) in [7, 11) is 0. The number of halogens is 11. The average Bonchev–Trinajstić information content (AvgIpc) is 1.79. The molecule has 0 bridgehead atoms. The van der Waals surface area contributed by atoms with Crippen LogP contribution in [-0.4, -0.2) is 117 Å². The monoisotopic (exact) mass is 2190 g/mol. The number of nitrogens with zero attached hydrogens (tertiary/aromatic N) is 15. The Morgan fingerprint density at radius 2 is 0.618 bits per heavy atom. The van der Waals surface area contributed by atoms with E-state index < -0.39 is 0 Å². The molecule has 0 atom stereocenters. The molecule has 0 saturated carbocycles. The number of anilines is 2. The molecule has 10 rings (SSSR count). The molecule has 4 radical (unpaired) electrons. The van der Waals surface area contributed by atoms with Gasteiger partial charge >= 0.3 is 120 Å². The zero-order valence-corrected chi connectivity index (χ0v) is 74.3. The van der Waals surface area contributed by atoms with Crippen LogP contribution in [-0.2, 0) is 0 Å². The van der Waals surface area contributed by atoms with Gasteiger partial charge in [-0.3, -0.25) is 22.0 Å². The minimum atomic E-state index is -0.190. The van der Waals surface area contributed by atoms with Gasteiger partial charge in [-0.1, -0.05) is 131 Å². The van der Waals surface area contributed by atoms with Gasteiger partial charge in [-0.05, 0) is 88.0 Å². The number of nitrogens with two attached hydrogens (primary N) is 2. The Balaban J connectivity index is -0.000000301. The van der Waals surface area contributed by atoms with Crippen molar-refractivity contribution in [2.45, 2.75) is 157 Å². The fourth-order valence-corrected chi connectivity index (χ4v) is 7.72. The quantitative estimate of drug-likeness (QED) is 0.0739. The third-order valence-corrected chi connectivity index (χ3v) is 11.3. The third-order valence-electron chi connectivity index (χ3n) is 10.4. The van der Waals surface area contributed by atoms with Gasteiger partial charge in [0, 0.05) is 75.2 Å². The van der Waals surface area contributed by atoms with Crippen molar-refractivity contribution in [3.8, 4) is 0 Å². The van der Waals surface area contributed by atoms with E-state index in [1.54, 1.807) is 67.2 Å². The summed E-state index contributed by atoms with van der Waals surface area (Å²) in [6, 6.07) is 0. The second kappa shape index (κ2) is 61.1. The van der Waals surface area contributed by atoms with Crippen molar-refractivity contribution in [3.63, 3.8) is 0 Å². The third kappa shape index (κ3) is 37.0. The second-order valence-electron chi connectivity index (χ2n) is 17.2. The van der Waals surface area contributed by atoms with Crippen LogP contribution in [0.3, 0.4) is 0 Å². The first kappa shape index (κ1) is 94.9. The molecule has 10 aromatic heterocycles. The molecule has 89 heavy (non-hydrogen) atoms. The molecule has 0 saturated heterocycles. The Bertz CT molecular complexity index is 2890. The number of aliphatic hydroxyl groups excluding tert-OH is 2. The molecule has 0 spiro atoms. The molecule has 0 fully saturated rings. The van der Waals surface area contributed by atoms with E-state index in [9.17, 15) is 0 Å². The average molecular weight is 2190 g/mol. The van der Waals surface area contributed by atoms with Gasteiger partial charge < -0.3 is 21.7 Å². The number of imidazole rings is 5. The summed E-state index contributed by atoms with van der Waals surface area (Å²) in [5.41, 5.74) is 30.0.